The zero-order valence-electron chi connectivity index (χ0n) is 9.44. The highest BCUT2D eigenvalue weighted by Crippen LogP contribution is 2.24. The van der Waals surface area contributed by atoms with Crippen LogP contribution in [0, 0.1) is 5.92 Å². The third-order valence-corrected chi connectivity index (χ3v) is 2.59. The van der Waals surface area contributed by atoms with Crippen LogP contribution in [0.15, 0.2) is 12.4 Å². The summed E-state index contributed by atoms with van der Waals surface area (Å²) in [7, 11) is 1.74. The summed E-state index contributed by atoms with van der Waals surface area (Å²) in [6.45, 7) is 3.94. The van der Waals surface area contributed by atoms with Crippen molar-refractivity contribution in [1.82, 2.24) is 9.55 Å². The minimum atomic E-state index is 0.518. The molecule has 4 heteroatoms. The number of imidazole rings is 1. The molecule has 0 radical (unpaired) electrons. The van der Waals surface area contributed by atoms with Gasteiger partial charge in [-0.3, -0.25) is 0 Å². The van der Waals surface area contributed by atoms with E-state index in [2.05, 4.69) is 21.8 Å². The molecule has 0 spiro atoms. The van der Waals surface area contributed by atoms with Gasteiger partial charge in [0.25, 0.3) is 0 Å². The number of ether oxygens (including phenoxy) is 1. The first-order valence-electron chi connectivity index (χ1n) is 5.56. The second kappa shape index (κ2) is 4.66. The molecule has 4 nitrogen and oxygen atoms in total. The average molecular weight is 209 g/mol. The van der Waals surface area contributed by atoms with Crippen LogP contribution in [0.25, 0.3) is 0 Å². The average Bonchev–Trinajstić information content (AvgIpc) is 2.90. The van der Waals surface area contributed by atoms with Gasteiger partial charge >= 0.3 is 0 Å². The fourth-order valence-corrected chi connectivity index (χ4v) is 1.68. The van der Waals surface area contributed by atoms with Gasteiger partial charge in [-0.15, -0.1) is 0 Å². The number of aromatic nitrogens is 2. The van der Waals surface area contributed by atoms with E-state index in [9.17, 15) is 0 Å². The summed E-state index contributed by atoms with van der Waals surface area (Å²) >= 11 is 0. The van der Waals surface area contributed by atoms with Gasteiger partial charge in [-0.25, -0.2) is 4.98 Å². The van der Waals surface area contributed by atoms with Crippen molar-refractivity contribution in [3.05, 3.63) is 12.4 Å². The van der Waals surface area contributed by atoms with Gasteiger partial charge in [0.15, 0.2) is 0 Å². The van der Waals surface area contributed by atoms with Gasteiger partial charge in [0.1, 0.15) is 0 Å². The molecule has 1 aromatic heterocycles. The first-order chi connectivity index (χ1) is 7.29. The molecular formula is C11H19N3O. The second-order valence-corrected chi connectivity index (χ2v) is 4.38. The Labute approximate surface area is 90.6 Å². The summed E-state index contributed by atoms with van der Waals surface area (Å²) in [6, 6.07) is 0.656. The Morgan fingerprint density at radius 1 is 1.67 bits per heavy atom. The van der Waals surface area contributed by atoms with Gasteiger partial charge in [-0.05, 0) is 18.8 Å². The fraction of sp³-hybridized carbons (Fsp3) is 0.727. The van der Waals surface area contributed by atoms with Crippen molar-refractivity contribution in [2.45, 2.75) is 32.4 Å². The van der Waals surface area contributed by atoms with Gasteiger partial charge in [0.2, 0.25) is 5.95 Å². The van der Waals surface area contributed by atoms with Gasteiger partial charge in [-0.1, -0.05) is 6.92 Å². The molecule has 0 saturated heterocycles. The van der Waals surface area contributed by atoms with Crippen molar-refractivity contribution in [1.29, 1.82) is 0 Å². The summed E-state index contributed by atoms with van der Waals surface area (Å²) in [5.74, 6) is 1.52. The van der Waals surface area contributed by atoms with Crippen LogP contribution >= 0.6 is 0 Å². The van der Waals surface area contributed by atoms with E-state index < -0.39 is 0 Å². The highest BCUT2D eigenvalue weighted by atomic mass is 16.5. The van der Waals surface area contributed by atoms with Crippen LogP contribution in [0.2, 0.25) is 0 Å². The number of nitrogens with zero attached hydrogens (tertiary/aromatic N) is 2. The Hall–Kier alpha value is -1.03. The van der Waals surface area contributed by atoms with Gasteiger partial charge in [0.05, 0.1) is 6.61 Å². The van der Waals surface area contributed by atoms with E-state index in [1.807, 2.05) is 12.4 Å². The molecule has 1 aliphatic carbocycles. The van der Waals surface area contributed by atoms with Gasteiger partial charge in [-0.2, -0.15) is 0 Å². The van der Waals surface area contributed by atoms with Crippen LogP contribution in [-0.4, -0.2) is 29.3 Å². The standard InChI is InChI=1S/C11H19N3O/c1-9(8-15-2)7-14-6-5-12-11(14)13-10-3-4-10/h5-6,9-10H,3-4,7-8H2,1-2H3,(H,12,13). The van der Waals surface area contributed by atoms with E-state index >= 15 is 0 Å². The summed E-state index contributed by atoms with van der Waals surface area (Å²) < 4.78 is 7.30. The smallest absolute Gasteiger partial charge is 0.202 e. The van der Waals surface area contributed by atoms with Crippen LogP contribution in [0.4, 0.5) is 5.95 Å². The Morgan fingerprint density at radius 3 is 3.13 bits per heavy atom. The lowest BCUT2D eigenvalue weighted by atomic mass is 10.2. The number of rotatable bonds is 6. The summed E-state index contributed by atoms with van der Waals surface area (Å²) in [5.41, 5.74) is 0. The monoisotopic (exact) mass is 209 g/mol. The second-order valence-electron chi connectivity index (χ2n) is 4.38. The maximum absolute atomic E-state index is 5.13. The predicted octanol–water partition coefficient (Wildman–Crippen LogP) is 1.74. The summed E-state index contributed by atoms with van der Waals surface area (Å²) in [4.78, 5) is 4.32. The highest BCUT2D eigenvalue weighted by Gasteiger charge is 2.22. The molecule has 15 heavy (non-hydrogen) atoms. The minimum absolute atomic E-state index is 0.518. The van der Waals surface area contributed by atoms with Crippen molar-refractivity contribution in [2.75, 3.05) is 19.0 Å². The quantitative estimate of drug-likeness (QED) is 0.775. The van der Waals surface area contributed by atoms with E-state index in [0.29, 0.717) is 12.0 Å². The Kier molecular flexibility index (Phi) is 3.26. The molecule has 1 atom stereocenters. The van der Waals surface area contributed by atoms with E-state index in [0.717, 1.165) is 19.1 Å². The van der Waals surface area contributed by atoms with Crippen molar-refractivity contribution in [3.8, 4) is 0 Å². The fourth-order valence-electron chi connectivity index (χ4n) is 1.68. The maximum Gasteiger partial charge on any atom is 0.202 e. The lowest BCUT2D eigenvalue weighted by Crippen LogP contribution is -2.15. The van der Waals surface area contributed by atoms with Crippen LogP contribution in [0.5, 0.6) is 0 Å². The maximum atomic E-state index is 5.13. The van der Waals surface area contributed by atoms with E-state index in [1.54, 1.807) is 7.11 Å². The third-order valence-electron chi connectivity index (χ3n) is 2.59. The molecule has 1 unspecified atom stereocenters. The lowest BCUT2D eigenvalue weighted by Gasteiger charge is -2.13. The molecular weight excluding hydrogens is 190 g/mol. The molecule has 1 aliphatic rings. The molecule has 0 amide bonds. The summed E-state index contributed by atoms with van der Waals surface area (Å²) in [5, 5.41) is 3.42. The number of anilines is 1. The Bertz CT molecular complexity index is 307. The van der Waals surface area contributed by atoms with Crippen molar-refractivity contribution in [3.63, 3.8) is 0 Å². The molecule has 1 saturated carbocycles. The normalized spacial score (nSPS) is 17.7. The van der Waals surface area contributed by atoms with Crippen LogP contribution in [0.1, 0.15) is 19.8 Å². The number of nitrogens with one attached hydrogen (secondary N) is 1. The molecule has 84 valence electrons. The Balaban J connectivity index is 1.91. The molecule has 2 rings (SSSR count). The van der Waals surface area contributed by atoms with Gasteiger partial charge in [0, 0.05) is 32.1 Å². The number of hydrogen-bond donors (Lipinski definition) is 1. The zero-order valence-corrected chi connectivity index (χ0v) is 9.44. The minimum Gasteiger partial charge on any atom is -0.384 e. The number of methoxy groups -OCH3 is 1. The first-order valence-corrected chi connectivity index (χ1v) is 5.56. The molecule has 1 N–H and O–H groups in total. The van der Waals surface area contributed by atoms with Crippen molar-refractivity contribution < 1.29 is 4.74 Å². The molecule has 1 fully saturated rings. The molecule has 0 aromatic carbocycles. The number of hydrogen-bond acceptors (Lipinski definition) is 3. The molecule has 0 bridgehead atoms. The van der Waals surface area contributed by atoms with Crippen molar-refractivity contribution in [2.24, 2.45) is 5.92 Å². The molecule has 1 heterocycles. The van der Waals surface area contributed by atoms with E-state index in [-0.39, 0.29) is 0 Å². The van der Waals surface area contributed by atoms with Crippen LogP contribution < -0.4 is 5.32 Å². The highest BCUT2D eigenvalue weighted by molar-refractivity contribution is 5.29. The van der Waals surface area contributed by atoms with E-state index in [1.165, 1.54) is 12.8 Å². The topological polar surface area (TPSA) is 39.1 Å². The third kappa shape index (κ3) is 2.96. The molecule has 1 aromatic rings. The van der Waals surface area contributed by atoms with Crippen LogP contribution in [-0.2, 0) is 11.3 Å². The largest absolute Gasteiger partial charge is 0.384 e. The first kappa shape index (κ1) is 10.5. The Morgan fingerprint density at radius 2 is 2.47 bits per heavy atom. The molecule has 0 aliphatic heterocycles. The SMILES string of the molecule is COCC(C)Cn1ccnc1NC1CC1. The van der Waals surface area contributed by atoms with Gasteiger partial charge < -0.3 is 14.6 Å². The van der Waals surface area contributed by atoms with Crippen molar-refractivity contribution >= 4 is 5.95 Å². The van der Waals surface area contributed by atoms with Crippen LogP contribution in [0.3, 0.4) is 0 Å². The summed E-state index contributed by atoms with van der Waals surface area (Å²) in [6.07, 6.45) is 6.43. The predicted molar refractivity (Wildman–Crippen MR) is 59.9 cm³/mol. The lowest BCUT2D eigenvalue weighted by molar-refractivity contribution is 0.151. The van der Waals surface area contributed by atoms with E-state index in [4.69, 9.17) is 4.74 Å². The zero-order chi connectivity index (χ0) is 10.7.